The molecule has 2 rings (SSSR count). The van der Waals surface area contributed by atoms with Crippen molar-refractivity contribution in [3.63, 3.8) is 0 Å². The van der Waals surface area contributed by atoms with Crippen molar-refractivity contribution < 1.29 is 0 Å². The van der Waals surface area contributed by atoms with Crippen molar-refractivity contribution in [3.8, 4) is 0 Å². The number of halogens is 2. The Morgan fingerprint density at radius 3 is 3.06 bits per heavy atom. The minimum atomic E-state index is 0.576. The number of rotatable bonds is 4. The molecule has 0 fully saturated rings. The van der Waals surface area contributed by atoms with Crippen LogP contribution in [0.25, 0.3) is 5.52 Å². The highest BCUT2D eigenvalue weighted by atomic mass is 79.9. The second kappa shape index (κ2) is 5.17. The molecule has 0 saturated carbocycles. The van der Waals surface area contributed by atoms with E-state index < -0.39 is 0 Å². The molecule has 0 amide bonds. The number of aromatic nitrogens is 2. The van der Waals surface area contributed by atoms with Gasteiger partial charge in [0.05, 0.1) is 5.52 Å². The molecule has 0 bridgehead atoms. The molecule has 0 spiro atoms. The first-order valence-corrected chi connectivity index (χ1v) is 6.36. The van der Waals surface area contributed by atoms with Crippen LogP contribution in [0.15, 0.2) is 22.8 Å². The van der Waals surface area contributed by atoms with Gasteiger partial charge in [0.15, 0.2) is 5.15 Å². The lowest BCUT2D eigenvalue weighted by Crippen LogP contribution is -2.09. The summed E-state index contributed by atoms with van der Waals surface area (Å²) >= 11 is 9.53. The summed E-state index contributed by atoms with van der Waals surface area (Å²) in [6.45, 7) is 0.987. The fourth-order valence-corrected chi connectivity index (χ4v) is 2.27. The summed E-state index contributed by atoms with van der Waals surface area (Å²) in [5.41, 5.74) is 0.962. The number of fused-ring (bicyclic) bond motifs is 1. The summed E-state index contributed by atoms with van der Waals surface area (Å²) in [5, 5.41) is 3.70. The van der Waals surface area contributed by atoms with Crippen molar-refractivity contribution in [2.45, 2.75) is 12.8 Å². The van der Waals surface area contributed by atoms with Gasteiger partial charge in [-0.05, 0) is 48.1 Å². The van der Waals surface area contributed by atoms with Gasteiger partial charge < -0.3 is 9.72 Å². The average molecular weight is 303 g/mol. The Hall–Kier alpha value is -0.580. The smallest absolute Gasteiger partial charge is 0.155 e. The number of aryl methyl sites for hydroxylation is 1. The van der Waals surface area contributed by atoms with E-state index in [-0.39, 0.29) is 0 Å². The summed E-state index contributed by atoms with van der Waals surface area (Å²) in [6.07, 6.45) is 3.98. The number of pyridine rings is 1. The SMILES string of the molecule is CNCCCc1nc(Cl)c2ccc(Br)cn12. The molecule has 0 saturated heterocycles. The van der Waals surface area contributed by atoms with Crippen LogP contribution >= 0.6 is 27.5 Å². The number of imidazole rings is 1. The van der Waals surface area contributed by atoms with Gasteiger partial charge in [0.25, 0.3) is 0 Å². The molecule has 0 aliphatic rings. The highest BCUT2D eigenvalue weighted by molar-refractivity contribution is 9.10. The van der Waals surface area contributed by atoms with Gasteiger partial charge in [-0.3, -0.25) is 0 Å². The van der Waals surface area contributed by atoms with Crippen LogP contribution in [0.5, 0.6) is 0 Å². The molecule has 2 heterocycles. The van der Waals surface area contributed by atoms with E-state index in [4.69, 9.17) is 11.6 Å². The fourth-order valence-electron chi connectivity index (χ4n) is 1.68. The first kappa shape index (κ1) is 11.9. The lowest BCUT2D eigenvalue weighted by Gasteiger charge is -2.01. The number of hydrogen-bond donors (Lipinski definition) is 1. The molecule has 5 heteroatoms. The molecule has 2 aromatic rings. The Bertz CT molecular complexity index is 495. The zero-order chi connectivity index (χ0) is 11.5. The third-order valence-corrected chi connectivity index (χ3v) is 3.20. The third-order valence-electron chi connectivity index (χ3n) is 2.46. The van der Waals surface area contributed by atoms with Crippen LogP contribution in [0.1, 0.15) is 12.2 Å². The standard InChI is InChI=1S/C11H13BrClN3/c1-14-6-2-3-10-15-11(13)9-5-4-8(12)7-16(9)10/h4-5,7,14H,2-3,6H2,1H3. The molecular formula is C11H13BrClN3. The summed E-state index contributed by atoms with van der Waals surface area (Å²) in [4.78, 5) is 4.38. The normalized spacial score (nSPS) is 11.2. The van der Waals surface area contributed by atoms with E-state index in [1.807, 2.05) is 29.8 Å². The molecule has 0 atom stereocenters. The Kier molecular flexibility index (Phi) is 3.84. The second-order valence-electron chi connectivity index (χ2n) is 3.63. The van der Waals surface area contributed by atoms with Crippen LogP contribution in [-0.4, -0.2) is 23.0 Å². The van der Waals surface area contributed by atoms with E-state index in [0.29, 0.717) is 5.15 Å². The number of hydrogen-bond acceptors (Lipinski definition) is 2. The Morgan fingerprint density at radius 2 is 2.31 bits per heavy atom. The topological polar surface area (TPSA) is 29.3 Å². The van der Waals surface area contributed by atoms with Crippen molar-refractivity contribution in [1.82, 2.24) is 14.7 Å². The van der Waals surface area contributed by atoms with Crippen molar-refractivity contribution in [3.05, 3.63) is 33.8 Å². The molecule has 86 valence electrons. The first-order valence-electron chi connectivity index (χ1n) is 5.19. The molecule has 1 N–H and O–H groups in total. The molecule has 0 aliphatic heterocycles. The van der Waals surface area contributed by atoms with Crippen LogP contribution < -0.4 is 5.32 Å². The third kappa shape index (κ3) is 2.39. The van der Waals surface area contributed by atoms with Gasteiger partial charge in [-0.2, -0.15) is 0 Å². The highest BCUT2D eigenvalue weighted by Crippen LogP contribution is 2.21. The van der Waals surface area contributed by atoms with Gasteiger partial charge >= 0.3 is 0 Å². The minimum Gasteiger partial charge on any atom is -0.320 e. The van der Waals surface area contributed by atoms with Gasteiger partial charge in [0.1, 0.15) is 5.82 Å². The molecule has 0 aliphatic carbocycles. The van der Waals surface area contributed by atoms with Crippen LogP contribution in [0.3, 0.4) is 0 Å². The molecule has 0 aromatic carbocycles. The maximum absolute atomic E-state index is 6.08. The van der Waals surface area contributed by atoms with E-state index in [9.17, 15) is 0 Å². The largest absolute Gasteiger partial charge is 0.320 e. The second-order valence-corrected chi connectivity index (χ2v) is 4.90. The fraction of sp³-hybridized carbons (Fsp3) is 0.364. The van der Waals surface area contributed by atoms with Gasteiger partial charge in [0.2, 0.25) is 0 Å². The lowest BCUT2D eigenvalue weighted by atomic mass is 10.3. The van der Waals surface area contributed by atoms with E-state index >= 15 is 0 Å². The molecule has 0 radical (unpaired) electrons. The van der Waals surface area contributed by atoms with Gasteiger partial charge in [0, 0.05) is 17.1 Å². The lowest BCUT2D eigenvalue weighted by molar-refractivity contribution is 0.701. The molecule has 0 unspecified atom stereocenters. The Balaban J connectivity index is 2.33. The van der Waals surface area contributed by atoms with Crippen LogP contribution in [0.2, 0.25) is 5.15 Å². The molecule has 2 aromatic heterocycles. The van der Waals surface area contributed by atoms with Gasteiger partial charge in [-0.15, -0.1) is 0 Å². The predicted octanol–water partition coefficient (Wildman–Crippen LogP) is 2.90. The minimum absolute atomic E-state index is 0.576. The molecule has 16 heavy (non-hydrogen) atoms. The quantitative estimate of drug-likeness (QED) is 0.880. The number of nitrogens with zero attached hydrogens (tertiary/aromatic N) is 2. The Morgan fingerprint density at radius 1 is 1.50 bits per heavy atom. The molecular weight excluding hydrogens is 289 g/mol. The van der Waals surface area contributed by atoms with Crippen LogP contribution in [-0.2, 0) is 6.42 Å². The van der Waals surface area contributed by atoms with Crippen molar-refractivity contribution in [2.75, 3.05) is 13.6 Å². The van der Waals surface area contributed by atoms with Crippen LogP contribution in [0, 0.1) is 0 Å². The van der Waals surface area contributed by atoms with E-state index in [0.717, 1.165) is 35.2 Å². The van der Waals surface area contributed by atoms with Crippen molar-refractivity contribution in [1.29, 1.82) is 0 Å². The van der Waals surface area contributed by atoms with E-state index in [2.05, 4.69) is 26.2 Å². The highest BCUT2D eigenvalue weighted by Gasteiger charge is 2.08. The summed E-state index contributed by atoms with van der Waals surface area (Å²) in [7, 11) is 1.95. The maximum Gasteiger partial charge on any atom is 0.155 e. The zero-order valence-corrected chi connectivity index (χ0v) is 11.3. The summed E-state index contributed by atoms with van der Waals surface area (Å²) in [5.74, 6) is 1.01. The van der Waals surface area contributed by atoms with Gasteiger partial charge in [-0.1, -0.05) is 11.6 Å². The van der Waals surface area contributed by atoms with E-state index in [1.54, 1.807) is 0 Å². The predicted molar refractivity (Wildman–Crippen MR) is 70.1 cm³/mol. The average Bonchev–Trinajstić information content (AvgIpc) is 2.56. The molecule has 3 nitrogen and oxygen atoms in total. The van der Waals surface area contributed by atoms with Crippen LogP contribution in [0.4, 0.5) is 0 Å². The monoisotopic (exact) mass is 301 g/mol. The van der Waals surface area contributed by atoms with Gasteiger partial charge in [-0.25, -0.2) is 4.98 Å². The van der Waals surface area contributed by atoms with Crippen molar-refractivity contribution >= 4 is 33.0 Å². The first-order chi connectivity index (χ1) is 7.72. The van der Waals surface area contributed by atoms with Crippen molar-refractivity contribution in [2.24, 2.45) is 0 Å². The zero-order valence-electron chi connectivity index (χ0n) is 9.00. The Labute approximate surface area is 108 Å². The number of nitrogens with one attached hydrogen (secondary N) is 1. The van der Waals surface area contributed by atoms with E-state index in [1.165, 1.54) is 0 Å². The summed E-state index contributed by atoms with van der Waals surface area (Å²) in [6, 6.07) is 3.95. The maximum atomic E-state index is 6.08. The summed E-state index contributed by atoms with van der Waals surface area (Å²) < 4.78 is 3.08.